The summed E-state index contributed by atoms with van der Waals surface area (Å²) in [7, 11) is -3.22. The van der Waals surface area contributed by atoms with Crippen LogP contribution in [0.15, 0.2) is 18.2 Å². The zero-order valence-corrected chi connectivity index (χ0v) is 16.0. The van der Waals surface area contributed by atoms with Gasteiger partial charge in [-0.25, -0.2) is 13.2 Å². The number of carbonyl (C=O) groups is 2. The Balaban J connectivity index is 1.46. The van der Waals surface area contributed by atoms with E-state index in [1.54, 1.807) is 12.1 Å². The van der Waals surface area contributed by atoms with Crippen molar-refractivity contribution in [3.05, 3.63) is 28.8 Å². The number of fused-ring (bicyclic) bond motifs is 1. The van der Waals surface area contributed by atoms with Crippen LogP contribution in [0.4, 0.5) is 10.5 Å². The van der Waals surface area contributed by atoms with E-state index in [4.69, 9.17) is 11.6 Å². The van der Waals surface area contributed by atoms with Crippen molar-refractivity contribution in [2.75, 3.05) is 11.1 Å². The van der Waals surface area contributed by atoms with Crippen molar-refractivity contribution >= 4 is 39.1 Å². The second kappa shape index (κ2) is 7.44. The molecule has 3 rings (SSSR count). The molecule has 2 aliphatic rings. The normalized spacial score (nSPS) is 26.1. The summed E-state index contributed by atoms with van der Waals surface area (Å²) in [5, 5.41) is 8.01. The largest absolute Gasteiger partial charge is 0.332 e. The SMILES string of the molecule is Cc1ccc(NC(=O)CCCC[C@@H]2[C@@H]3NC(=O)N[C@@H]3CS2(=O)=O)c(Cl)c1. The Kier molecular flexibility index (Phi) is 5.43. The van der Waals surface area contributed by atoms with Gasteiger partial charge in [0.15, 0.2) is 9.84 Å². The first kappa shape index (κ1) is 19.0. The summed E-state index contributed by atoms with van der Waals surface area (Å²) in [5.74, 6) is -0.174. The maximum absolute atomic E-state index is 12.2. The van der Waals surface area contributed by atoms with Crippen molar-refractivity contribution in [1.82, 2.24) is 10.6 Å². The van der Waals surface area contributed by atoms with Gasteiger partial charge in [0.25, 0.3) is 0 Å². The summed E-state index contributed by atoms with van der Waals surface area (Å²) >= 11 is 6.09. The standard InChI is InChI=1S/C17H22ClN3O4S/c1-10-6-7-12(11(18)8-10)19-15(22)5-3-2-4-14-16-13(9-26(14,24)25)20-17(23)21-16/h6-8,13-14,16H,2-5,9H2,1H3,(H,19,22)(H2,20,21,23)/t13-,14-,16-/m1/s1. The van der Waals surface area contributed by atoms with Gasteiger partial charge in [0, 0.05) is 6.42 Å². The molecule has 2 saturated heterocycles. The number of halogens is 1. The van der Waals surface area contributed by atoms with Crippen LogP contribution in [0.25, 0.3) is 0 Å². The van der Waals surface area contributed by atoms with Crippen LogP contribution in [0.3, 0.4) is 0 Å². The lowest BCUT2D eigenvalue weighted by Gasteiger charge is -2.16. The molecule has 2 aliphatic heterocycles. The molecule has 3 atom stereocenters. The highest BCUT2D eigenvalue weighted by Crippen LogP contribution is 2.28. The van der Waals surface area contributed by atoms with E-state index in [0.29, 0.717) is 30.0 Å². The first-order valence-electron chi connectivity index (χ1n) is 8.61. The quantitative estimate of drug-likeness (QED) is 0.502. The second-order valence-electron chi connectivity index (χ2n) is 6.90. The summed E-state index contributed by atoms with van der Waals surface area (Å²) < 4.78 is 24.5. The number of unbranched alkanes of at least 4 members (excludes halogenated alkanes) is 1. The molecule has 0 bridgehead atoms. The van der Waals surface area contributed by atoms with E-state index in [0.717, 1.165) is 5.56 Å². The van der Waals surface area contributed by atoms with Crippen LogP contribution < -0.4 is 16.0 Å². The Morgan fingerprint density at radius 2 is 2.08 bits per heavy atom. The molecule has 0 unspecified atom stereocenters. The number of sulfone groups is 1. The molecule has 2 fully saturated rings. The van der Waals surface area contributed by atoms with Crippen LogP contribution in [-0.2, 0) is 14.6 Å². The average molecular weight is 400 g/mol. The highest BCUT2D eigenvalue weighted by molar-refractivity contribution is 7.92. The molecule has 0 aromatic heterocycles. The highest BCUT2D eigenvalue weighted by Gasteiger charge is 2.51. The fourth-order valence-corrected chi connectivity index (χ4v) is 6.12. The predicted octanol–water partition coefficient (Wildman–Crippen LogP) is 1.99. The van der Waals surface area contributed by atoms with Crippen molar-refractivity contribution in [2.45, 2.75) is 49.9 Å². The maximum atomic E-state index is 12.2. The van der Waals surface area contributed by atoms with Gasteiger partial charge < -0.3 is 16.0 Å². The summed E-state index contributed by atoms with van der Waals surface area (Å²) in [4.78, 5) is 23.4. The fraction of sp³-hybridized carbons (Fsp3) is 0.529. The van der Waals surface area contributed by atoms with Gasteiger partial charge in [-0.1, -0.05) is 24.1 Å². The molecule has 0 saturated carbocycles. The van der Waals surface area contributed by atoms with Gasteiger partial charge >= 0.3 is 6.03 Å². The topological polar surface area (TPSA) is 104 Å². The highest BCUT2D eigenvalue weighted by atomic mass is 35.5. The van der Waals surface area contributed by atoms with Crippen LogP contribution in [0.2, 0.25) is 5.02 Å². The molecular weight excluding hydrogens is 378 g/mol. The van der Waals surface area contributed by atoms with Gasteiger partial charge in [-0.3, -0.25) is 4.79 Å². The number of benzene rings is 1. The second-order valence-corrected chi connectivity index (χ2v) is 9.57. The van der Waals surface area contributed by atoms with Crippen molar-refractivity contribution in [1.29, 1.82) is 0 Å². The molecule has 0 radical (unpaired) electrons. The Bertz CT molecular complexity index is 827. The van der Waals surface area contributed by atoms with Gasteiger partial charge in [-0.2, -0.15) is 0 Å². The van der Waals surface area contributed by atoms with Crippen LogP contribution in [0.1, 0.15) is 31.2 Å². The molecule has 7 nitrogen and oxygen atoms in total. The average Bonchev–Trinajstić information content (AvgIpc) is 2.99. The number of urea groups is 1. The first-order valence-corrected chi connectivity index (χ1v) is 10.7. The third kappa shape index (κ3) is 4.12. The Labute approximate surface area is 157 Å². The first-order chi connectivity index (χ1) is 12.3. The lowest BCUT2D eigenvalue weighted by molar-refractivity contribution is -0.116. The molecule has 2 heterocycles. The van der Waals surface area contributed by atoms with Crippen molar-refractivity contribution in [3.63, 3.8) is 0 Å². The third-order valence-electron chi connectivity index (χ3n) is 4.86. The van der Waals surface area contributed by atoms with E-state index in [1.165, 1.54) is 0 Å². The Hall–Kier alpha value is -1.80. The van der Waals surface area contributed by atoms with Gasteiger partial charge in [-0.05, 0) is 37.5 Å². The number of nitrogens with one attached hydrogen (secondary N) is 3. The fourth-order valence-electron chi connectivity index (χ4n) is 3.57. The van der Waals surface area contributed by atoms with Gasteiger partial charge in [0.05, 0.1) is 33.8 Å². The monoisotopic (exact) mass is 399 g/mol. The van der Waals surface area contributed by atoms with E-state index in [-0.39, 0.29) is 36.2 Å². The van der Waals surface area contributed by atoms with Crippen LogP contribution >= 0.6 is 11.6 Å². The molecule has 3 N–H and O–H groups in total. The van der Waals surface area contributed by atoms with Gasteiger partial charge in [-0.15, -0.1) is 0 Å². The van der Waals surface area contributed by atoms with E-state index in [9.17, 15) is 18.0 Å². The molecule has 9 heteroatoms. The molecule has 0 spiro atoms. The Morgan fingerprint density at radius 3 is 2.81 bits per heavy atom. The zero-order valence-electron chi connectivity index (χ0n) is 14.4. The van der Waals surface area contributed by atoms with Crippen LogP contribution in [0.5, 0.6) is 0 Å². The number of hydrogen-bond donors (Lipinski definition) is 3. The number of anilines is 1. The minimum atomic E-state index is -3.22. The van der Waals surface area contributed by atoms with Crippen molar-refractivity contribution < 1.29 is 18.0 Å². The number of aryl methyl sites for hydroxylation is 1. The number of rotatable bonds is 6. The lowest BCUT2D eigenvalue weighted by atomic mass is 10.0. The summed E-state index contributed by atoms with van der Waals surface area (Å²) in [6, 6.07) is 4.39. The predicted molar refractivity (Wildman–Crippen MR) is 100 cm³/mol. The molecule has 142 valence electrons. The van der Waals surface area contributed by atoms with Crippen LogP contribution in [0, 0.1) is 6.92 Å². The smallest absolute Gasteiger partial charge is 0.315 e. The maximum Gasteiger partial charge on any atom is 0.315 e. The molecule has 1 aromatic carbocycles. The summed E-state index contributed by atoms with van der Waals surface area (Å²) in [6.07, 6.45) is 1.89. The Morgan fingerprint density at radius 1 is 1.31 bits per heavy atom. The number of carbonyl (C=O) groups excluding carboxylic acids is 2. The zero-order chi connectivity index (χ0) is 18.9. The molecule has 1 aromatic rings. The number of hydrogen-bond acceptors (Lipinski definition) is 4. The lowest BCUT2D eigenvalue weighted by Crippen LogP contribution is -2.39. The molecule has 26 heavy (non-hydrogen) atoms. The summed E-state index contributed by atoms with van der Waals surface area (Å²) in [6.45, 7) is 1.92. The summed E-state index contributed by atoms with van der Waals surface area (Å²) in [5.41, 5.74) is 1.58. The van der Waals surface area contributed by atoms with Crippen LogP contribution in [-0.4, -0.2) is 43.4 Å². The number of amides is 3. The van der Waals surface area contributed by atoms with Crippen molar-refractivity contribution in [3.8, 4) is 0 Å². The minimum absolute atomic E-state index is 0.0204. The van der Waals surface area contributed by atoms with E-state index >= 15 is 0 Å². The van der Waals surface area contributed by atoms with E-state index < -0.39 is 15.1 Å². The minimum Gasteiger partial charge on any atom is -0.332 e. The van der Waals surface area contributed by atoms with E-state index in [1.807, 2.05) is 13.0 Å². The van der Waals surface area contributed by atoms with E-state index in [2.05, 4.69) is 16.0 Å². The van der Waals surface area contributed by atoms with Crippen molar-refractivity contribution in [2.24, 2.45) is 0 Å². The van der Waals surface area contributed by atoms with Gasteiger partial charge in [0.2, 0.25) is 5.91 Å². The van der Waals surface area contributed by atoms with Gasteiger partial charge in [0.1, 0.15) is 0 Å². The molecule has 0 aliphatic carbocycles. The molecule has 3 amide bonds. The third-order valence-corrected chi connectivity index (χ3v) is 7.45. The molecular formula is C17H22ClN3O4S.